The van der Waals surface area contributed by atoms with E-state index in [1.165, 1.54) is 0 Å². The predicted octanol–water partition coefficient (Wildman–Crippen LogP) is 3.72. The Morgan fingerprint density at radius 2 is 1.89 bits per heavy atom. The third-order valence-corrected chi connectivity index (χ3v) is 6.01. The molecule has 5 nitrogen and oxygen atoms in total. The molecule has 2 heterocycles. The maximum Gasteiger partial charge on any atom is 0.267 e. The van der Waals surface area contributed by atoms with Crippen molar-refractivity contribution in [3.05, 3.63) is 48.5 Å². The normalized spacial score (nSPS) is 19.0. The molecule has 0 aliphatic carbocycles. The fourth-order valence-corrected chi connectivity index (χ4v) is 4.51. The maximum atomic E-state index is 13.0. The summed E-state index contributed by atoms with van der Waals surface area (Å²) in [6, 6.07) is 15.5. The van der Waals surface area contributed by atoms with Gasteiger partial charge in [-0.2, -0.15) is 0 Å². The molecule has 27 heavy (non-hydrogen) atoms. The van der Waals surface area contributed by atoms with Crippen LogP contribution in [0, 0.1) is 0 Å². The second kappa shape index (κ2) is 7.64. The number of anilines is 2. The Balaban J connectivity index is 1.52. The van der Waals surface area contributed by atoms with Gasteiger partial charge in [-0.3, -0.25) is 9.59 Å². The minimum Gasteiger partial charge on any atom is -0.479 e. The van der Waals surface area contributed by atoms with Gasteiger partial charge in [0, 0.05) is 24.4 Å². The highest BCUT2D eigenvalue weighted by Gasteiger charge is 2.32. The Labute approximate surface area is 163 Å². The lowest BCUT2D eigenvalue weighted by Crippen LogP contribution is -2.46. The number of nitrogens with zero attached hydrogens (tertiary/aromatic N) is 2. The molecule has 140 valence electrons. The van der Waals surface area contributed by atoms with Crippen LogP contribution in [-0.4, -0.2) is 36.8 Å². The molecule has 6 heteroatoms. The number of hydrogen-bond acceptors (Lipinski definition) is 4. The van der Waals surface area contributed by atoms with E-state index >= 15 is 0 Å². The lowest BCUT2D eigenvalue weighted by molar-refractivity contribution is -0.125. The molecule has 1 unspecified atom stereocenters. The monoisotopic (exact) mass is 382 g/mol. The first kappa shape index (κ1) is 17.9. The molecule has 1 atom stereocenters. The third kappa shape index (κ3) is 3.54. The Kier molecular flexibility index (Phi) is 5.07. The Morgan fingerprint density at radius 1 is 1.15 bits per heavy atom. The van der Waals surface area contributed by atoms with Crippen LogP contribution in [-0.2, 0) is 9.59 Å². The molecule has 0 saturated carbocycles. The Hall–Kier alpha value is -2.47. The number of fused-ring (bicyclic) bond motifs is 2. The van der Waals surface area contributed by atoms with Crippen LogP contribution in [0.15, 0.2) is 53.4 Å². The minimum absolute atomic E-state index is 0.0503. The van der Waals surface area contributed by atoms with Gasteiger partial charge in [0.1, 0.15) is 5.75 Å². The molecule has 0 spiro atoms. The van der Waals surface area contributed by atoms with E-state index in [-0.39, 0.29) is 18.2 Å². The van der Waals surface area contributed by atoms with E-state index in [4.69, 9.17) is 4.74 Å². The van der Waals surface area contributed by atoms with E-state index in [0.29, 0.717) is 18.8 Å². The second-order valence-corrected chi connectivity index (χ2v) is 7.82. The summed E-state index contributed by atoms with van der Waals surface area (Å²) in [7, 11) is 0. The predicted molar refractivity (Wildman–Crippen MR) is 108 cm³/mol. The van der Waals surface area contributed by atoms with Gasteiger partial charge in [0.05, 0.1) is 11.4 Å². The molecule has 0 N–H and O–H groups in total. The zero-order valence-electron chi connectivity index (χ0n) is 15.3. The fraction of sp³-hybridized carbons (Fsp3) is 0.333. The van der Waals surface area contributed by atoms with E-state index in [1.54, 1.807) is 23.6 Å². The molecule has 4 rings (SSSR count). The number of carbonyl (C=O) groups excluding carboxylic acids is 2. The summed E-state index contributed by atoms with van der Waals surface area (Å²) in [6.45, 7) is 2.82. The lowest BCUT2D eigenvalue weighted by atomic mass is 10.1. The highest BCUT2D eigenvalue weighted by molar-refractivity contribution is 7.99. The summed E-state index contributed by atoms with van der Waals surface area (Å²) in [5.41, 5.74) is 1.72. The van der Waals surface area contributed by atoms with Gasteiger partial charge in [-0.1, -0.05) is 24.3 Å². The van der Waals surface area contributed by atoms with Crippen LogP contribution in [0.4, 0.5) is 11.4 Å². The van der Waals surface area contributed by atoms with Gasteiger partial charge in [0.2, 0.25) is 5.91 Å². The van der Waals surface area contributed by atoms with Gasteiger partial charge >= 0.3 is 0 Å². The van der Waals surface area contributed by atoms with Gasteiger partial charge in [0.15, 0.2) is 6.10 Å². The third-order valence-electron chi connectivity index (χ3n) is 4.86. The number of benzene rings is 2. The van der Waals surface area contributed by atoms with E-state index in [1.807, 2.05) is 47.4 Å². The van der Waals surface area contributed by atoms with Crippen molar-refractivity contribution < 1.29 is 14.3 Å². The molecule has 2 amide bonds. The standard InChI is InChI=1S/C21H22N2O3S/c1-15-21(25)23(16-7-2-4-9-18(16)26-15)13-11-20(24)22-12-6-14-27-19-10-5-3-8-17(19)22/h2-5,7-10,15H,6,11-14H2,1H3. The van der Waals surface area contributed by atoms with Crippen LogP contribution in [0.1, 0.15) is 19.8 Å². The zero-order valence-corrected chi connectivity index (χ0v) is 16.1. The number of thioether (sulfide) groups is 1. The van der Waals surface area contributed by atoms with Crippen molar-refractivity contribution in [2.75, 3.05) is 28.6 Å². The largest absolute Gasteiger partial charge is 0.479 e. The summed E-state index contributed by atoms with van der Waals surface area (Å²) in [4.78, 5) is 30.3. The maximum absolute atomic E-state index is 13.0. The van der Waals surface area contributed by atoms with E-state index in [9.17, 15) is 9.59 Å². The van der Waals surface area contributed by atoms with Gasteiger partial charge in [0.25, 0.3) is 5.91 Å². The van der Waals surface area contributed by atoms with Crippen LogP contribution in [0.5, 0.6) is 5.75 Å². The summed E-state index contributed by atoms with van der Waals surface area (Å²) < 4.78 is 5.67. The van der Waals surface area contributed by atoms with Gasteiger partial charge in [-0.15, -0.1) is 11.8 Å². The van der Waals surface area contributed by atoms with Crippen molar-refractivity contribution in [1.82, 2.24) is 0 Å². The molecule has 0 fully saturated rings. The summed E-state index contributed by atoms with van der Waals surface area (Å²) in [5.74, 6) is 1.64. The first-order chi connectivity index (χ1) is 13.1. The first-order valence-corrected chi connectivity index (χ1v) is 10.2. The number of para-hydroxylation sites is 3. The van der Waals surface area contributed by atoms with Crippen LogP contribution in [0.25, 0.3) is 0 Å². The fourth-order valence-electron chi connectivity index (χ4n) is 3.52. The minimum atomic E-state index is -0.537. The van der Waals surface area contributed by atoms with Crippen molar-refractivity contribution in [2.45, 2.75) is 30.8 Å². The van der Waals surface area contributed by atoms with Crippen molar-refractivity contribution in [3.63, 3.8) is 0 Å². The molecule has 2 aliphatic heterocycles. The molecule has 2 aromatic rings. The smallest absolute Gasteiger partial charge is 0.267 e. The molecule has 2 aliphatic rings. The van der Waals surface area contributed by atoms with E-state index in [0.717, 1.165) is 28.4 Å². The van der Waals surface area contributed by atoms with E-state index in [2.05, 4.69) is 6.07 Å². The average molecular weight is 382 g/mol. The Morgan fingerprint density at radius 3 is 2.74 bits per heavy atom. The average Bonchev–Trinajstić information content (AvgIpc) is 2.91. The number of rotatable bonds is 3. The topological polar surface area (TPSA) is 49.9 Å². The first-order valence-electron chi connectivity index (χ1n) is 9.24. The number of hydrogen-bond donors (Lipinski definition) is 0. The van der Waals surface area contributed by atoms with Gasteiger partial charge in [-0.05, 0) is 43.4 Å². The summed E-state index contributed by atoms with van der Waals surface area (Å²) >= 11 is 1.79. The summed E-state index contributed by atoms with van der Waals surface area (Å²) in [6.07, 6.45) is 0.707. The highest BCUT2D eigenvalue weighted by Crippen LogP contribution is 2.35. The number of carbonyl (C=O) groups is 2. The van der Waals surface area contributed by atoms with Crippen LogP contribution >= 0.6 is 11.8 Å². The van der Waals surface area contributed by atoms with Crippen molar-refractivity contribution in [2.24, 2.45) is 0 Å². The molecular weight excluding hydrogens is 360 g/mol. The zero-order chi connectivity index (χ0) is 18.8. The quantitative estimate of drug-likeness (QED) is 0.812. The summed E-state index contributed by atoms with van der Waals surface area (Å²) in [5, 5.41) is 0. The molecule has 0 saturated heterocycles. The molecular formula is C21H22N2O3S. The molecule has 2 aromatic carbocycles. The van der Waals surface area contributed by atoms with Crippen LogP contribution < -0.4 is 14.5 Å². The lowest BCUT2D eigenvalue weighted by Gasteiger charge is -2.33. The number of ether oxygens (including phenoxy) is 1. The number of amides is 2. The van der Waals surface area contributed by atoms with Crippen LogP contribution in [0.2, 0.25) is 0 Å². The van der Waals surface area contributed by atoms with Gasteiger partial charge in [-0.25, -0.2) is 0 Å². The molecule has 0 bridgehead atoms. The van der Waals surface area contributed by atoms with Gasteiger partial charge < -0.3 is 14.5 Å². The Bertz CT molecular complexity index is 870. The SMILES string of the molecule is CC1Oc2ccccc2N(CCC(=O)N2CCCSc3ccccc32)C1=O. The van der Waals surface area contributed by atoms with Crippen LogP contribution in [0.3, 0.4) is 0 Å². The van der Waals surface area contributed by atoms with Crippen molar-refractivity contribution in [3.8, 4) is 5.75 Å². The highest BCUT2D eigenvalue weighted by atomic mass is 32.2. The van der Waals surface area contributed by atoms with Crippen molar-refractivity contribution in [1.29, 1.82) is 0 Å². The van der Waals surface area contributed by atoms with Crippen molar-refractivity contribution >= 4 is 35.0 Å². The van der Waals surface area contributed by atoms with E-state index < -0.39 is 6.10 Å². The molecule has 0 aromatic heterocycles. The molecule has 0 radical (unpaired) electrons. The second-order valence-electron chi connectivity index (χ2n) is 6.68.